The Hall–Kier alpha value is -1.66. The number of rotatable bonds is 4. The highest BCUT2D eigenvalue weighted by atomic mass is 79.9. The molecule has 3 aromatic rings. The molecule has 0 atom stereocenters. The molecular formula is C13H9BrN2O2S. The van der Waals surface area contributed by atoms with Gasteiger partial charge in [0.1, 0.15) is 12.4 Å². The Morgan fingerprint density at radius 1 is 1.47 bits per heavy atom. The van der Waals surface area contributed by atoms with Gasteiger partial charge < -0.3 is 4.74 Å². The smallest absolute Gasteiger partial charge is 0.193 e. The Labute approximate surface area is 121 Å². The van der Waals surface area contributed by atoms with Gasteiger partial charge in [-0.3, -0.25) is 9.20 Å². The van der Waals surface area contributed by atoms with Gasteiger partial charge in [0, 0.05) is 27.8 Å². The first kappa shape index (κ1) is 12.4. The van der Waals surface area contributed by atoms with Crippen LogP contribution in [-0.4, -0.2) is 15.7 Å². The zero-order chi connectivity index (χ0) is 13.2. The van der Waals surface area contributed by atoms with Crippen LogP contribution in [0.2, 0.25) is 0 Å². The fourth-order valence-electron chi connectivity index (χ4n) is 1.70. The summed E-state index contributed by atoms with van der Waals surface area (Å²) in [5.74, 6) is 0.654. The number of imidazole rings is 1. The number of aromatic nitrogens is 2. The largest absolute Gasteiger partial charge is 0.487 e. The molecule has 0 saturated carbocycles. The lowest BCUT2D eigenvalue weighted by Gasteiger charge is -2.05. The van der Waals surface area contributed by atoms with Crippen molar-refractivity contribution in [3.63, 3.8) is 0 Å². The van der Waals surface area contributed by atoms with Gasteiger partial charge in [0.05, 0.1) is 5.69 Å². The Morgan fingerprint density at radius 3 is 3.16 bits per heavy atom. The van der Waals surface area contributed by atoms with Crippen LogP contribution in [0.15, 0.2) is 40.4 Å². The number of aldehydes is 1. The van der Waals surface area contributed by atoms with Crippen LogP contribution in [0.5, 0.6) is 5.75 Å². The number of benzene rings is 1. The van der Waals surface area contributed by atoms with Crippen LogP contribution < -0.4 is 4.74 Å². The van der Waals surface area contributed by atoms with E-state index >= 15 is 0 Å². The summed E-state index contributed by atoms with van der Waals surface area (Å²) in [6.45, 7) is 0.383. The van der Waals surface area contributed by atoms with Crippen LogP contribution in [0, 0.1) is 0 Å². The van der Waals surface area contributed by atoms with Gasteiger partial charge in [-0.15, -0.1) is 11.3 Å². The molecule has 0 aliphatic carbocycles. The summed E-state index contributed by atoms with van der Waals surface area (Å²) in [5, 5.41) is 1.98. The zero-order valence-electron chi connectivity index (χ0n) is 9.75. The minimum absolute atomic E-state index is 0.383. The lowest BCUT2D eigenvalue weighted by atomic mass is 10.2. The van der Waals surface area contributed by atoms with Crippen LogP contribution in [0.1, 0.15) is 16.1 Å². The monoisotopic (exact) mass is 336 g/mol. The van der Waals surface area contributed by atoms with E-state index in [9.17, 15) is 4.79 Å². The summed E-state index contributed by atoms with van der Waals surface area (Å²) < 4.78 is 8.36. The molecule has 0 unspecified atom stereocenters. The summed E-state index contributed by atoms with van der Waals surface area (Å²) in [7, 11) is 0. The highest BCUT2D eigenvalue weighted by molar-refractivity contribution is 9.10. The fourth-order valence-corrected chi connectivity index (χ4v) is 2.76. The van der Waals surface area contributed by atoms with Crippen molar-refractivity contribution in [2.75, 3.05) is 0 Å². The second kappa shape index (κ2) is 5.14. The lowest BCUT2D eigenvalue weighted by Crippen LogP contribution is -1.96. The number of halogens is 1. The first-order valence-electron chi connectivity index (χ1n) is 5.55. The van der Waals surface area contributed by atoms with Crippen molar-refractivity contribution in [2.24, 2.45) is 0 Å². The molecule has 0 spiro atoms. The normalized spacial score (nSPS) is 10.8. The van der Waals surface area contributed by atoms with Crippen molar-refractivity contribution in [1.29, 1.82) is 0 Å². The third kappa shape index (κ3) is 2.54. The van der Waals surface area contributed by atoms with Crippen molar-refractivity contribution in [2.45, 2.75) is 6.61 Å². The van der Waals surface area contributed by atoms with Gasteiger partial charge in [0.2, 0.25) is 0 Å². The first-order valence-corrected chi connectivity index (χ1v) is 7.22. The molecule has 4 nitrogen and oxygen atoms in total. The van der Waals surface area contributed by atoms with Crippen LogP contribution in [0.4, 0.5) is 0 Å². The van der Waals surface area contributed by atoms with E-state index in [2.05, 4.69) is 20.9 Å². The summed E-state index contributed by atoms with van der Waals surface area (Å²) in [6.07, 6.45) is 4.69. The van der Waals surface area contributed by atoms with Crippen molar-refractivity contribution in [3.8, 4) is 5.75 Å². The molecule has 0 N–H and O–H groups in total. The molecule has 0 aliphatic heterocycles. The first-order chi connectivity index (χ1) is 9.26. The average Bonchev–Trinajstić information content (AvgIpc) is 2.98. The van der Waals surface area contributed by atoms with Crippen LogP contribution in [0.3, 0.4) is 0 Å². The number of nitrogens with zero attached hydrogens (tertiary/aromatic N) is 2. The number of hydrogen-bond donors (Lipinski definition) is 0. The molecule has 1 aromatic carbocycles. The van der Waals surface area contributed by atoms with Gasteiger partial charge in [-0.05, 0) is 18.2 Å². The molecule has 96 valence electrons. The number of hydrogen-bond acceptors (Lipinski definition) is 4. The van der Waals surface area contributed by atoms with E-state index in [1.54, 1.807) is 23.5 Å². The molecule has 6 heteroatoms. The van der Waals surface area contributed by atoms with E-state index in [0.29, 0.717) is 17.9 Å². The predicted octanol–water partition coefficient (Wildman–Crippen LogP) is 3.55. The van der Waals surface area contributed by atoms with E-state index in [4.69, 9.17) is 4.74 Å². The third-order valence-corrected chi connectivity index (χ3v) is 4.12. The van der Waals surface area contributed by atoms with Crippen LogP contribution in [-0.2, 0) is 6.61 Å². The Balaban J connectivity index is 1.75. The van der Waals surface area contributed by atoms with Gasteiger partial charge in [-0.1, -0.05) is 15.9 Å². The maximum absolute atomic E-state index is 10.8. The zero-order valence-corrected chi connectivity index (χ0v) is 12.1. The number of carbonyl (C=O) groups is 1. The highest BCUT2D eigenvalue weighted by Gasteiger charge is 2.05. The number of fused-ring (bicyclic) bond motifs is 1. The summed E-state index contributed by atoms with van der Waals surface area (Å²) in [6, 6.07) is 5.32. The fraction of sp³-hybridized carbons (Fsp3) is 0.0769. The molecule has 0 fully saturated rings. The molecule has 2 aromatic heterocycles. The summed E-state index contributed by atoms with van der Waals surface area (Å²) >= 11 is 4.89. The van der Waals surface area contributed by atoms with E-state index < -0.39 is 0 Å². The quantitative estimate of drug-likeness (QED) is 0.684. The molecule has 0 aliphatic rings. The lowest BCUT2D eigenvalue weighted by molar-refractivity contribution is 0.112. The van der Waals surface area contributed by atoms with Crippen LogP contribution in [0.25, 0.3) is 4.96 Å². The standard InChI is InChI=1S/C13H9BrN2O2S/c14-12-2-1-11(5-9(12)7-17)18-8-10-6-16-3-4-19-13(16)15-10/h1-7H,8H2. The van der Waals surface area contributed by atoms with Crippen molar-refractivity contribution >= 4 is 38.5 Å². The number of ether oxygens (including phenoxy) is 1. The maximum atomic E-state index is 10.8. The number of thiazole rings is 1. The number of carbonyl (C=O) groups excluding carboxylic acids is 1. The van der Waals surface area contributed by atoms with E-state index in [1.165, 1.54) is 0 Å². The molecule has 19 heavy (non-hydrogen) atoms. The highest BCUT2D eigenvalue weighted by Crippen LogP contribution is 2.22. The van der Waals surface area contributed by atoms with Gasteiger partial charge >= 0.3 is 0 Å². The minimum Gasteiger partial charge on any atom is -0.487 e. The third-order valence-electron chi connectivity index (χ3n) is 2.62. The Bertz CT molecular complexity index is 707. The van der Waals surface area contributed by atoms with E-state index in [-0.39, 0.29) is 0 Å². The molecule has 2 heterocycles. The Morgan fingerprint density at radius 2 is 2.37 bits per heavy atom. The van der Waals surface area contributed by atoms with Crippen LogP contribution >= 0.6 is 27.3 Å². The second-order valence-corrected chi connectivity index (χ2v) is 5.64. The molecule has 0 amide bonds. The predicted molar refractivity (Wildman–Crippen MR) is 76.9 cm³/mol. The van der Waals surface area contributed by atoms with E-state index in [0.717, 1.165) is 21.4 Å². The van der Waals surface area contributed by atoms with Gasteiger partial charge in [-0.2, -0.15) is 0 Å². The van der Waals surface area contributed by atoms with Gasteiger partial charge in [-0.25, -0.2) is 4.98 Å². The van der Waals surface area contributed by atoms with E-state index in [1.807, 2.05) is 28.2 Å². The molecule has 3 rings (SSSR count). The van der Waals surface area contributed by atoms with Gasteiger partial charge in [0.25, 0.3) is 0 Å². The average molecular weight is 337 g/mol. The molecular weight excluding hydrogens is 328 g/mol. The van der Waals surface area contributed by atoms with Crippen molar-refractivity contribution in [3.05, 3.63) is 51.7 Å². The van der Waals surface area contributed by atoms with Crippen molar-refractivity contribution < 1.29 is 9.53 Å². The Kier molecular flexibility index (Phi) is 3.35. The molecule has 0 bridgehead atoms. The minimum atomic E-state index is 0.383. The van der Waals surface area contributed by atoms with Crippen molar-refractivity contribution in [1.82, 2.24) is 9.38 Å². The van der Waals surface area contributed by atoms with Gasteiger partial charge in [0.15, 0.2) is 11.2 Å². The topological polar surface area (TPSA) is 43.6 Å². The second-order valence-electron chi connectivity index (χ2n) is 3.91. The summed E-state index contributed by atoms with van der Waals surface area (Å²) in [4.78, 5) is 16.2. The summed E-state index contributed by atoms with van der Waals surface area (Å²) in [5.41, 5.74) is 1.44. The molecule has 0 saturated heterocycles. The maximum Gasteiger partial charge on any atom is 0.193 e. The molecule has 0 radical (unpaired) electrons. The SMILES string of the molecule is O=Cc1cc(OCc2cn3ccsc3n2)ccc1Br.